The van der Waals surface area contributed by atoms with Gasteiger partial charge in [0, 0.05) is 16.3 Å². The number of hydrogen-bond donors (Lipinski definition) is 3. The van der Waals surface area contributed by atoms with E-state index < -0.39 is 12.1 Å². The van der Waals surface area contributed by atoms with E-state index in [1.807, 2.05) is 0 Å². The molecule has 1 heterocycles. The van der Waals surface area contributed by atoms with E-state index in [0.717, 1.165) is 5.69 Å². The van der Waals surface area contributed by atoms with Crippen molar-refractivity contribution in [3.05, 3.63) is 23.0 Å². The average Bonchev–Trinajstić information content (AvgIpc) is 2.24. The normalized spacial score (nSPS) is 12.5. The van der Waals surface area contributed by atoms with Crippen LogP contribution in [0.1, 0.15) is 21.7 Å². The highest BCUT2D eigenvalue weighted by atomic mass is 32.2. The van der Waals surface area contributed by atoms with Crippen LogP contribution in [-0.4, -0.2) is 44.7 Å². The second-order valence-corrected chi connectivity index (χ2v) is 4.74. The number of carboxylic acid groups (broad SMARTS) is 1. The lowest BCUT2D eigenvalue weighted by molar-refractivity contribution is 0.0691. The number of aliphatic hydroxyl groups excluding tert-OH is 2. The Bertz CT molecular complexity index is 422. The first-order chi connectivity index (χ1) is 7.95. The standard InChI is InChI=1S/C11H15NO4S/c1-6-3-9(17-5-8(14)4-13)10(11(15)16)7(2)12-6/h3,8,13-14H,4-5H2,1-2H3,(H,15,16). The van der Waals surface area contributed by atoms with Crippen molar-refractivity contribution in [1.29, 1.82) is 0 Å². The van der Waals surface area contributed by atoms with Gasteiger partial charge in [0.25, 0.3) is 0 Å². The van der Waals surface area contributed by atoms with E-state index >= 15 is 0 Å². The van der Waals surface area contributed by atoms with Crippen molar-refractivity contribution in [1.82, 2.24) is 4.98 Å². The van der Waals surface area contributed by atoms with Gasteiger partial charge in [0.15, 0.2) is 0 Å². The van der Waals surface area contributed by atoms with Gasteiger partial charge >= 0.3 is 5.97 Å². The number of carboxylic acids is 1. The molecule has 1 unspecified atom stereocenters. The number of aromatic carboxylic acids is 1. The summed E-state index contributed by atoms with van der Waals surface area (Å²) in [6.07, 6.45) is -0.851. The van der Waals surface area contributed by atoms with Crippen molar-refractivity contribution in [2.24, 2.45) is 0 Å². The van der Waals surface area contributed by atoms with Crippen LogP contribution < -0.4 is 0 Å². The number of rotatable bonds is 5. The zero-order valence-electron chi connectivity index (χ0n) is 9.67. The quantitative estimate of drug-likeness (QED) is 0.677. The monoisotopic (exact) mass is 257 g/mol. The number of thioether (sulfide) groups is 1. The largest absolute Gasteiger partial charge is 0.478 e. The van der Waals surface area contributed by atoms with Crippen LogP contribution in [0.3, 0.4) is 0 Å². The molecule has 6 heteroatoms. The number of aryl methyl sites for hydroxylation is 2. The van der Waals surface area contributed by atoms with Gasteiger partial charge < -0.3 is 15.3 Å². The molecule has 0 amide bonds. The molecule has 0 bridgehead atoms. The van der Waals surface area contributed by atoms with Gasteiger partial charge in [0.1, 0.15) is 0 Å². The number of pyridine rings is 1. The minimum Gasteiger partial charge on any atom is -0.478 e. The smallest absolute Gasteiger partial charge is 0.338 e. The van der Waals surface area contributed by atoms with Crippen LogP contribution >= 0.6 is 11.8 Å². The van der Waals surface area contributed by atoms with Crippen LogP contribution in [0.4, 0.5) is 0 Å². The Hall–Kier alpha value is -1.11. The summed E-state index contributed by atoms with van der Waals surface area (Å²) >= 11 is 1.21. The zero-order chi connectivity index (χ0) is 13.0. The predicted octanol–water partition coefficient (Wildman–Crippen LogP) is 0.842. The molecule has 0 radical (unpaired) electrons. The third-order valence-corrected chi connectivity index (χ3v) is 3.33. The highest BCUT2D eigenvalue weighted by Gasteiger charge is 2.16. The minimum atomic E-state index is -1.03. The Morgan fingerprint density at radius 1 is 1.53 bits per heavy atom. The Balaban J connectivity index is 3.00. The first-order valence-electron chi connectivity index (χ1n) is 5.09. The highest BCUT2D eigenvalue weighted by Crippen LogP contribution is 2.26. The third-order valence-electron chi connectivity index (χ3n) is 2.15. The van der Waals surface area contributed by atoms with Crippen LogP contribution in [0.5, 0.6) is 0 Å². The molecule has 0 saturated heterocycles. The molecular weight excluding hydrogens is 242 g/mol. The van der Waals surface area contributed by atoms with Gasteiger partial charge in [-0.05, 0) is 19.9 Å². The van der Waals surface area contributed by atoms with Crippen LogP contribution in [0.2, 0.25) is 0 Å². The van der Waals surface area contributed by atoms with E-state index in [-0.39, 0.29) is 17.9 Å². The fourth-order valence-corrected chi connectivity index (χ4v) is 2.52. The van der Waals surface area contributed by atoms with E-state index in [1.165, 1.54) is 11.8 Å². The molecule has 1 rings (SSSR count). The summed E-state index contributed by atoms with van der Waals surface area (Å²) in [6, 6.07) is 1.67. The third kappa shape index (κ3) is 3.69. The molecular formula is C11H15NO4S. The SMILES string of the molecule is Cc1cc(SCC(O)CO)c(C(=O)O)c(C)n1. The number of aromatic nitrogens is 1. The molecule has 17 heavy (non-hydrogen) atoms. The maximum Gasteiger partial charge on any atom is 0.338 e. The molecule has 0 saturated carbocycles. The van der Waals surface area contributed by atoms with Crippen molar-refractivity contribution >= 4 is 17.7 Å². The van der Waals surface area contributed by atoms with Gasteiger partial charge in [-0.1, -0.05) is 0 Å². The highest BCUT2D eigenvalue weighted by molar-refractivity contribution is 7.99. The van der Waals surface area contributed by atoms with Crippen molar-refractivity contribution in [2.45, 2.75) is 24.8 Å². The molecule has 1 aromatic heterocycles. The predicted molar refractivity (Wildman–Crippen MR) is 64.5 cm³/mol. The minimum absolute atomic E-state index is 0.158. The van der Waals surface area contributed by atoms with Crippen molar-refractivity contribution < 1.29 is 20.1 Å². The van der Waals surface area contributed by atoms with Crippen molar-refractivity contribution in [3.63, 3.8) is 0 Å². The number of carbonyl (C=O) groups is 1. The maximum absolute atomic E-state index is 11.1. The molecule has 0 spiro atoms. The molecule has 0 aromatic carbocycles. The lowest BCUT2D eigenvalue weighted by Gasteiger charge is -2.11. The number of hydrogen-bond acceptors (Lipinski definition) is 5. The Morgan fingerprint density at radius 3 is 2.71 bits per heavy atom. The second-order valence-electron chi connectivity index (χ2n) is 3.67. The lowest BCUT2D eigenvalue weighted by Crippen LogP contribution is -2.15. The number of nitrogens with zero attached hydrogens (tertiary/aromatic N) is 1. The first kappa shape index (κ1) is 14.0. The number of aliphatic hydroxyl groups is 2. The van der Waals surface area contributed by atoms with E-state index in [1.54, 1.807) is 19.9 Å². The topological polar surface area (TPSA) is 90.7 Å². The van der Waals surface area contributed by atoms with Crippen LogP contribution in [0.25, 0.3) is 0 Å². The molecule has 1 atom stereocenters. The summed E-state index contributed by atoms with van der Waals surface area (Å²) in [6.45, 7) is 3.09. The van der Waals surface area contributed by atoms with Gasteiger partial charge in [-0.3, -0.25) is 4.98 Å². The first-order valence-corrected chi connectivity index (χ1v) is 6.07. The van der Waals surface area contributed by atoms with E-state index in [0.29, 0.717) is 10.6 Å². The summed E-state index contributed by atoms with van der Waals surface area (Å²) in [7, 11) is 0. The Kier molecular flexibility index (Phi) is 4.92. The Morgan fingerprint density at radius 2 is 2.18 bits per heavy atom. The summed E-state index contributed by atoms with van der Waals surface area (Å²) in [5.74, 6) is -0.782. The van der Waals surface area contributed by atoms with Gasteiger partial charge in [-0.2, -0.15) is 0 Å². The summed E-state index contributed by atoms with van der Waals surface area (Å²) < 4.78 is 0. The molecule has 3 N–H and O–H groups in total. The lowest BCUT2D eigenvalue weighted by atomic mass is 10.2. The van der Waals surface area contributed by atoms with Gasteiger partial charge in [0.2, 0.25) is 0 Å². The molecule has 94 valence electrons. The van der Waals surface area contributed by atoms with Gasteiger partial charge in [-0.25, -0.2) is 4.79 Å². The average molecular weight is 257 g/mol. The van der Waals surface area contributed by atoms with Gasteiger partial charge in [0.05, 0.1) is 24.0 Å². The van der Waals surface area contributed by atoms with E-state index in [2.05, 4.69) is 4.98 Å². The molecule has 0 fully saturated rings. The van der Waals surface area contributed by atoms with Crippen LogP contribution in [0, 0.1) is 13.8 Å². The fourth-order valence-electron chi connectivity index (χ4n) is 1.41. The van der Waals surface area contributed by atoms with Crippen LogP contribution in [0.15, 0.2) is 11.0 Å². The van der Waals surface area contributed by atoms with E-state index in [4.69, 9.17) is 10.2 Å². The van der Waals surface area contributed by atoms with Gasteiger partial charge in [-0.15, -0.1) is 11.8 Å². The van der Waals surface area contributed by atoms with Crippen molar-refractivity contribution in [3.8, 4) is 0 Å². The summed E-state index contributed by atoms with van der Waals surface area (Å²) in [5.41, 5.74) is 1.35. The molecule has 1 aromatic rings. The molecule has 0 aliphatic heterocycles. The van der Waals surface area contributed by atoms with Crippen molar-refractivity contribution in [2.75, 3.05) is 12.4 Å². The summed E-state index contributed by atoms with van der Waals surface area (Å²) in [5, 5.41) is 27.1. The van der Waals surface area contributed by atoms with Crippen LogP contribution in [-0.2, 0) is 0 Å². The Labute approximate surface area is 104 Å². The fraction of sp³-hybridized carbons (Fsp3) is 0.455. The van der Waals surface area contributed by atoms with E-state index in [9.17, 15) is 9.90 Å². The maximum atomic E-state index is 11.1. The zero-order valence-corrected chi connectivity index (χ0v) is 10.5. The molecule has 0 aliphatic carbocycles. The molecule has 0 aliphatic rings. The molecule has 5 nitrogen and oxygen atoms in total. The second kappa shape index (κ2) is 6.00. The summed E-state index contributed by atoms with van der Waals surface area (Å²) in [4.78, 5) is 15.8.